The first-order valence-corrected chi connectivity index (χ1v) is 6.90. The fourth-order valence-electron chi connectivity index (χ4n) is 2.56. The van der Waals surface area contributed by atoms with Crippen molar-refractivity contribution >= 4 is 5.78 Å². The molecule has 0 saturated carbocycles. The summed E-state index contributed by atoms with van der Waals surface area (Å²) in [6.45, 7) is 14.0. The smallest absolute Gasteiger partial charge is 0.180 e. The number of rotatable bonds is 2. The van der Waals surface area contributed by atoms with Crippen LogP contribution in [0.5, 0.6) is 0 Å². The predicted octanol–water partition coefficient (Wildman–Crippen LogP) is 3.93. The van der Waals surface area contributed by atoms with Gasteiger partial charge in [0, 0.05) is 18.2 Å². The topological polar surface area (TPSA) is 34.9 Å². The van der Waals surface area contributed by atoms with Gasteiger partial charge in [0.05, 0.1) is 5.69 Å². The van der Waals surface area contributed by atoms with E-state index in [1.807, 2.05) is 18.5 Å². The molecule has 1 aromatic carbocycles. The molecule has 1 heterocycles. The number of ketones is 1. The van der Waals surface area contributed by atoms with Crippen molar-refractivity contribution < 1.29 is 4.79 Å². The number of carbonyl (C=O) groups is 1. The highest BCUT2D eigenvalue weighted by Gasteiger charge is 2.17. The molecule has 0 amide bonds. The van der Waals surface area contributed by atoms with Crippen LogP contribution in [0.4, 0.5) is 0 Å². The third-order valence-corrected chi connectivity index (χ3v) is 4.43. The third kappa shape index (κ3) is 2.07. The van der Waals surface area contributed by atoms with Crippen molar-refractivity contribution in [3.63, 3.8) is 0 Å². The molecule has 0 radical (unpaired) electrons. The Labute approximate surface area is 120 Å². The van der Waals surface area contributed by atoms with Crippen LogP contribution >= 0.6 is 0 Å². The number of benzene rings is 1. The summed E-state index contributed by atoms with van der Waals surface area (Å²) >= 11 is 0. The number of aryl methyl sites for hydroxylation is 1. The van der Waals surface area contributed by atoms with Crippen molar-refractivity contribution in [2.24, 2.45) is 0 Å². The lowest BCUT2D eigenvalue weighted by Crippen LogP contribution is -2.06. The van der Waals surface area contributed by atoms with Crippen LogP contribution in [0.1, 0.15) is 50.9 Å². The molecular formula is C17H22N2O. The zero-order valence-corrected chi connectivity index (χ0v) is 13.4. The minimum Gasteiger partial charge on any atom is -0.293 e. The highest BCUT2D eigenvalue weighted by atomic mass is 16.1. The minimum absolute atomic E-state index is 0.0163. The van der Waals surface area contributed by atoms with Gasteiger partial charge in [-0.3, -0.25) is 4.79 Å². The average Bonchev–Trinajstić information content (AvgIpc) is 2.69. The van der Waals surface area contributed by atoms with E-state index in [0.29, 0.717) is 5.69 Å². The zero-order chi connectivity index (χ0) is 15.2. The van der Waals surface area contributed by atoms with Gasteiger partial charge in [-0.15, -0.1) is 0 Å². The van der Waals surface area contributed by atoms with E-state index < -0.39 is 0 Å². The van der Waals surface area contributed by atoms with Crippen LogP contribution in [0, 0.1) is 41.5 Å². The predicted molar refractivity (Wildman–Crippen MR) is 82.0 cm³/mol. The van der Waals surface area contributed by atoms with E-state index >= 15 is 0 Å². The zero-order valence-electron chi connectivity index (χ0n) is 13.4. The summed E-state index contributed by atoms with van der Waals surface area (Å²) in [6.07, 6.45) is 0. The molecule has 2 rings (SSSR count). The lowest BCUT2D eigenvalue weighted by Gasteiger charge is -2.15. The molecule has 2 aromatic rings. The van der Waals surface area contributed by atoms with Crippen molar-refractivity contribution in [3.8, 4) is 5.69 Å². The van der Waals surface area contributed by atoms with E-state index in [0.717, 1.165) is 16.9 Å². The third-order valence-electron chi connectivity index (χ3n) is 4.43. The van der Waals surface area contributed by atoms with Gasteiger partial charge in [-0.2, -0.15) is 5.10 Å². The molecule has 0 fully saturated rings. The van der Waals surface area contributed by atoms with Crippen molar-refractivity contribution in [2.75, 3.05) is 0 Å². The van der Waals surface area contributed by atoms with Crippen LogP contribution in [-0.4, -0.2) is 15.6 Å². The van der Waals surface area contributed by atoms with Crippen molar-refractivity contribution in [1.29, 1.82) is 0 Å². The Kier molecular flexibility index (Phi) is 3.55. The first-order chi connectivity index (χ1) is 9.25. The van der Waals surface area contributed by atoms with Gasteiger partial charge in [-0.05, 0) is 69.9 Å². The molecule has 0 N–H and O–H groups in total. The number of aromatic nitrogens is 2. The van der Waals surface area contributed by atoms with Gasteiger partial charge < -0.3 is 0 Å². The Hall–Kier alpha value is -1.90. The van der Waals surface area contributed by atoms with E-state index in [4.69, 9.17) is 0 Å². The maximum Gasteiger partial charge on any atom is 0.180 e. The maximum absolute atomic E-state index is 11.7. The Morgan fingerprint density at radius 3 is 2.05 bits per heavy atom. The molecule has 1 aromatic heterocycles. The molecule has 0 atom stereocenters. The van der Waals surface area contributed by atoms with Crippen molar-refractivity contribution in [3.05, 3.63) is 45.3 Å². The van der Waals surface area contributed by atoms with E-state index in [-0.39, 0.29) is 5.78 Å². The quantitative estimate of drug-likeness (QED) is 0.775. The van der Waals surface area contributed by atoms with Crippen LogP contribution in [-0.2, 0) is 0 Å². The second-order valence-corrected chi connectivity index (χ2v) is 5.61. The second-order valence-electron chi connectivity index (χ2n) is 5.61. The number of hydrogen-bond acceptors (Lipinski definition) is 2. The Balaban J connectivity index is 2.76. The molecule has 0 aliphatic rings. The molecule has 20 heavy (non-hydrogen) atoms. The van der Waals surface area contributed by atoms with Gasteiger partial charge in [0.25, 0.3) is 0 Å². The molecule has 3 heteroatoms. The van der Waals surface area contributed by atoms with Crippen molar-refractivity contribution in [2.45, 2.75) is 48.5 Å². The second kappa shape index (κ2) is 4.89. The Morgan fingerprint density at radius 1 is 0.950 bits per heavy atom. The summed E-state index contributed by atoms with van der Waals surface area (Å²) in [7, 11) is 0. The highest BCUT2D eigenvalue weighted by molar-refractivity contribution is 5.93. The lowest BCUT2D eigenvalue weighted by molar-refractivity contribution is 0.101. The van der Waals surface area contributed by atoms with Gasteiger partial charge in [0.15, 0.2) is 5.78 Å². The maximum atomic E-state index is 11.7. The monoisotopic (exact) mass is 270 g/mol. The molecule has 3 nitrogen and oxygen atoms in total. The van der Waals surface area contributed by atoms with Crippen LogP contribution < -0.4 is 0 Å². The fraction of sp³-hybridized carbons (Fsp3) is 0.412. The summed E-state index contributed by atoms with van der Waals surface area (Å²) in [4.78, 5) is 11.7. The van der Waals surface area contributed by atoms with Gasteiger partial charge in [0.2, 0.25) is 0 Å². The summed E-state index contributed by atoms with van der Waals surface area (Å²) in [5, 5.41) is 4.52. The summed E-state index contributed by atoms with van der Waals surface area (Å²) in [6, 6.07) is 2.15. The molecule has 0 unspecified atom stereocenters. The van der Waals surface area contributed by atoms with Crippen LogP contribution in [0.3, 0.4) is 0 Å². The number of nitrogens with zero attached hydrogens (tertiary/aromatic N) is 2. The standard InChI is InChI=1S/C17H22N2O/c1-9-8-16(12(4)11(3)10(9)2)19-14(6)13(5)17(18-19)15(7)20/h8H,1-7H3. The molecule has 0 aliphatic carbocycles. The fourth-order valence-corrected chi connectivity index (χ4v) is 2.56. The summed E-state index contributed by atoms with van der Waals surface area (Å²) in [5.41, 5.74) is 8.70. The minimum atomic E-state index is 0.0163. The van der Waals surface area contributed by atoms with Gasteiger partial charge in [-0.25, -0.2) is 4.68 Å². The number of carbonyl (C=O) groups excluding carboxylic acids is 1. The number of hydrogen-bond donors (Lipinski definition) is 0. The van der Waals surface area contributed by atoms with E-state index in [9.17, 15) is 4.79 Å². The molecule has 106 valence electrons. The number of Topliss-reactive ketones (excluding diaryl/α,β-unsaturated/α-hetero) is 1. The van der Waals surface area contributed by atoms with Gasteiger partial charge in [0.1, 0.15) is 5.69 Å². The van der Waals surface area contributed by atoms with Crippen LogP contribution in [0.15, 0.2) is 6.07 Å². The molecule has 0 spiro atoms. The Bertz CT molecular complexity index is 709. The first-order valence-electron chi connectivity index (χ1n) is 6.90. The average molecular weight is 270 g/mol. The SMILES string of the molecule is CC(=O)c1nn(-c2cc(C)c(C)c(C)c2C)c(C)c1C. The van der Waals surface area contributed by atoms with Crippen LogP contribution in [0.25, 0.3) is 5.69 Å². The molecule has 0 aliphatic heterocycles. The summed E-state index contributed by atoms with van der Waals surface area (Å²) in [5.74, 6) is 0.0163. The van der Waals surface area contributed by atoms with Crippen molar-refractivity contribution in [1.82, 2.24) is 9.78 Å². The largest absolute Gasteiger partial charge is 0.293 e. The molecular weight excluding hydrogens is 248 g/mol. The lowest BCUT2D eigenvalue weighted by atomic mass is 9.98. The first kappa shape index (κ1) is 14.5. The van der Waals surface area contributed by atoms with E-state index in [2.05, 4.69) is 38.9 Å². The van der Waals surface area contributed by atoms with Gasteiger partial charge in [-0.1, -0.05) is 0 Å². The normalized spacial score (nSPS) is 10.9. The van der Waals surface area contributed by atoms with Gasteiger partial charge >= 0.3 is 0 Å². The summed E-state index contributed by atoms with van der Waals surface area (Å²) < 4.78 is 1.90. The molecule has 0 bridgehead atoms. The van der Waals surface area contributed by atoms with Crippen LogP contribution in [0.2, 0.25) is 0 Å². The highest BCUT2D eigenvalue weighted by Crippen LogP contribution is 2.26. The van der Waals surface area contributed by atoms with E-state index in [1.165, 1.54) is 22.3 Å². The Morgan fingerprint density at radius 2 is 1.55 bits per heavy atom. The van der Waals surface area contributed by atoms with E-state index in [1.54, 1.807) is 6.92 Å². The molecule has 0 saturated heterocycles.